The van der Waals surface area contributed by atoms with Crippen LogP contribution in [0.3, 0.4) is 0 Å². The van der Waals surface area contributed by atoms with Gasteiger partial charge in [-0.3, -0.25) is 4.79 Å². The van der Waals surface area contributed by atoms with Crippen molar-refractivity contribution in [2.75, 3.05) is 14.2 Å². The average molecular weight is 363 g/mol. The molecule has 0 bridgehead atoms. The minimum atomic E-state index is -0.162. The van der Waals surface area contributed by atoms with Crippen LogP contribution in [0, 0.1) is 0 Å². The minimum absolute atomic E-state index is 0.125. The largest absolute Gasteiger partial charge is 0.508 e. The van der Waals surface area contributed by atoms with Crippen molar-refractivity contribution in [2.45, 2.75) is 0 Å². The predicted molar refractivity (Wildman–Crippen MR) is 88.7 cm³/mol. The van der Waals surface area contributed by atoms with Crippen molar-refractivity contribution in [2.24, 2.45) is 0 Å². The fourth-order valence-electron chi connectivity index (χ4n) is 1.90. The van der Waals surface area contributed by atoms with E-state index in [0.717, 1.165) is 10.0 Å². The normalized spacial score (nSPS) is 10.7. The molecule has 22 heavy (non-hydrogen) atoms. The van der Waals surface area contributed by atoms with Gasteiger partial charge in [-0.1, -0.05) is 0 Å². The van der Waals surface area contributed by atoms with Gasteiger partial charge in [-0.25, -0.2) is 0 Å². The number of hydrogen-bond acceptors (Lipinski definition) is 4. The van der Waals surface area contributed by atoms with Crippen LogP contribution < -0.4 is 9.47 Å². The molecular formula is C17H15BrO4. The van der Waals surface area contributed by atoms with Crippen molar-refractivity contribution in [1.29, 1.82) is 0 Å². The monoisotopic (exact) mass is 362 g/mol. The third-order valence-corrected chi connectivity index (χ3v) is 3.73. The minimum Gasteiger partial charge on any atom is -0.508 e. The Bertz CT molecular complexity index is 705. The first-order valence-electron chi connectivity index (χ1n) is 6.48. The van der Waals surface area contributed by atoms with Crippen LogP contribution in [0.4, 0.5) is 0 Å². The van der Waals surface area contributed by atoms with Crippen molar-refractivity contribution >= 4 is 27.8 Å². The summed E-state index contributed by atoms with van der Waals surface area (Å²) in [7, 11) is 3.13. The summed E-state index contributed by atoms with van der Waals surface area (Å²) >= 11 is 3.44. The molecule has 0 spiro atoms. The first-order valence-corrected chi connectivity index (χ1v) is 7.27. The number of phenolic OH excluding ortho intramolecular Hbond substituents is 1. The zero-order valence-corrected chi connectivity index (χ0v) is 13.8. The van der Waals surface area contributed by atoms with Crippen LogP contribution in [0.5, 0.6) is 17.2 Å². The molecule has 0 atom stereocenters. The molecule has 0 aliphatic heterocycles. The van der Waals surface area contributed by atoms with Crippen LogP contribution >= 0.6 is 15.9 Å². The number of halogens is 1. The summed E-state index contributed by atoms with van der Waals surface area (Å²) in [5.74, 6) is 1.22. The Labute approximate surface area is 137 Å². The Balaban J connectivity index is 2.29. The van der Waals surface area contributed by atoms with Crippen molar-refractivity contribution in [3.8, 4) is 17.2 Å². The number of ketones is 1. The molecule has 0 amide bonds. The zero-order valence-electron chi connectivity index (χ0n) is 12.2. The van der Waals surface area contributed by atoms with Gasteiger partial charge in [0.2, 0.25) is 0 Å². The van der Waals surface area contributed by atoms with Crippen molar-refractivity contribution < 1.29 is 19.4 Å². The number of carbonyl (C=O) groups excluding carboxylic acids is 1. The van der Waals surface area contributed by atoms with E-state index in [-0.39, 0.29) is 11.5 Å². The van der Waals surface area contributed by atoms with E-state index in [4.69, 9.17) is 9.47 Å². The summed E-state index contributed by atoms with van der Waals surface area (Å²) in [6.45, 7) is 0. The van der Waals surface area contributed by atoms with Gasteiger partial charge < -0.3 is 14.6 Å². The summed E-state index contributed by atoms with van der Waals surface area (Å²) in [5.41, 5.74) is 1.24. The fourth-order valence-corrected chi connectivity index (χ4v) is 2.45. The second-order valence-corrected chi connectivity index (χ2v) is 5.32. The molecule has 4 nitrogen and oxygen atoms in total. The Morgan fingerprint density at radius 3 is 2.41 bits per heavy atom. The van der Waals surface area contributed by atoms with Crippen LogP contribution in [0.15, 0.2) is 46.9 Å². The van der Waals surface area contributed by atoms with Gasteiger partial charge in [0, 0.05) is 21.7 Å². The molecule has 2 aromatic rings. The van der Waals surface area contributed by atoms with Gasteiger partial charge in [0.25, 0.3) is 0 Å². The maximum atomic E-state index is 12.1. The molecule has 2 rings (SSSR count). The number of aromatic hydroxyl groups is 1. The first kappa shape index (κ1) is 16.1. The number of benzene rings is 2. The summed E-state index contributed by atoms with van der Waals surface area (Å²) in [5, 5.41) is 9.24. The quantitative estimate of drug-likeness (QED) is 0.643. The molecule has 5 heteroatoms. The first-order chi connectivity index (χ1) is 10.5. The molecule has 0 fully saturated rings. The topological polar surface area (TPSA) is 55.8 Å². The van der Waals surface area contributed by atoms with E-state index < -0.39 is 0 Å². The second kappa shape index (κ2) is 7.13. The van der Waals surface area contributed by atoms with Gasteiger partial charge in [-0.15, -0.1) is 0 Å². The number of phenols is 1. The van der Waals surface area contributed by atoms with Crippen molar-refractivity contribution in [3.63, 3.8) is 0 Å². The second-order valence-electron chi connectivity index (χ2n) is 4.47. The van der Waals surface area contributed by atoms with Crippen LogP contribution in [-0.4, -0.2) is 25.1 Å². The van der Waals surface area contributed by atoms with Crippen LogP contribution in [0.2, 0.25) is 0 Å². The highest BCUT2D eigenvalue weighted by Gasteiger charge is 2.09. The Kier molecular flexibility index (Phi) is 5.22. The third-order valence-electron chi connectivity index (χ3n) is 3.07. The smallest absolute Gasteiger partial charge is 0.185 e. The van der Waals surface area contributed by atoms with E-state index in [1.165, 1.54) is 18.2 Å². The number of allylic oxidation sites excluding steroid dienone is 1. The van der Waals surface area contributed by atoms with Crippen LogP contribution in [0.1, 0.15) is 15.9 Å². The van der Waals surface area contributed by atoms with Crippen LogP contribution in [0.25, 0.3) is 6.08 Å². The lowest BCUT2D eigenvalue weighted by Gasteiger charge is -2.09. The Morgan fingerprint density at radius 2 is 1.82 bits per heavy atom. The van der Waals surface area contributed by atoms with Gasteiger partial charge in [0.1, 0.15) is 17.2 Å². The van der Waals surface area contributed by atoms with Gasteiger partial charge in [-0.2, -0.15) is 0 Å². The number of methoxy groups -OCH3 is 2. The average Bonchev–Trinajstić information content (AvgIpc) is 2.53. The molecule has 0 aromatic heterocycles. The highest BCUT2D eigenvalue weighted by Crippen LogP contribution is 2.33. The highest BCUT2D eigenvalue weighted by atomic mass is 79.9. The lowest BCUT2D eigenvalue weighted by molar-refractivity contribution is 0.104. The molecule has 0 heterocycles. The number of rotatable bonds is 5. The molecule has 0 saturated heterocycles. The highest BCUT2D eigenvalue weighted by molar-refractivity contribution is 9.10. The van der Waals surface area contributed by atoms with Crippen LogP contribution in [-0.2, 0) is 0 Å². The van der Waals surface area contributed by atoms with E-state index in [9.17, 15) is 9.90 Å². The third kappa shape index (κ3) is 3.68. The summed E-state index contributed by atoms with van der Waals surface area (Å²) in [6, 6.07) is 9.64. The summed E-state index contributed by atoms with van der Waals surface area (Å²) in [4.78, 5) is 12.1. The molecule has 1 N–H and O–H groups in total. The predicted octanol–water partition coefficient (Wildman–Crippen LogP) is 4.07. The van der Waals surface area contributed by atoms with E-state index in [0.29, 0.717) is 17.1 Å². The van der Waals surface area contributed by atoms with Gasteiger partial charge in [0.15, 0.2) is 5.78 Å². The molecule has 0 aliphatic carbocycles. The SMILES string of the molecule is COc1cc(Br)c(/C=C/C(=O)c2ccc(O)cc2)c(OC)c1. The van der Waals surface area contributed by atoms with E-state index in [1.54, 1.807) is 44.6 Å². The standard InChI is InChI=1S/C17H15BrO4/c1-21-13-9-15(18)14(17(10-13)22-2)7-8-16(20)11-3-5-12(19)6-4-11/h3-10,19H,1-2H3/b8-7+. The zero-order chi connectivity index (χ0) is 16.1. The number of hydrogen-bond donors (Lipinski definition) is 1. The van der Waals surface area contributed by atoms with E-state index >= 15 is 0 Å². The maximum Gasteiger partial charge on any atom is 0.185 e. The Morgan fingerprint density at radius 1 is 1.14 bits per heavy atom. The molecule has 0 radical (unpaired) electrons. The molecular weight excluding hydrogens is 348 g/mol. The number of ether oxygens (including phenoxy) is 2. The Hall–Kier alpha value is -2.27. The van der Waals surface area contributed by atoms with Gasteiger partial charge >= 0.3 is 0 Å². The van der Waals surface area contributed by atoms with Crippen molar-refractivity contribution in [1.82, 2.24) is 0 Å². The van der Waals surface area contributed by atoms with E-state index in [2.05, 4.69) is 15.9 Å². The molecule has 2 aromatic carbocycles. The molecule has 0 aliphatic rings. The fraction of sp³-hybridized carbons (Fsp3) is 0.118. The maximum absolute atomic E-state index is 12.1. The van der Waals surface area contributed by atoms with Gasteiger partial charge in [-0.05, 0) is 58.4 Å². The molecule has 0 unspecified atom stereocenters. The summed E-state index contributed by atoms with van der Waals surface area (Å²) in [6.07, 6.45) is 3.14. The molecule has 0 saturated carbocycles. The van der Waals surface area contributed by atoms with Crippen molar-refractivity contribution in [3.05, 3.63) is 58.1 Å². The van der Waals surface area contributed by atoms with Gasteiger partial charge in [0.05, 0.1) is 14.2 Å². The molecule has 114 valence electrons. The lowest BCUT2D eigenvalue weighted by Crippen LogP contribution is -1.95. The van der Waals surface area contributed by atoms with E-state index in [1.807, 2.05) is 0 Å². The summed E-state index contributed by atoms with van der Waals surface area (Å²) < 4.78 is 11.3. The lowest BCUT2D eigenvalue weighted by atomic mass is 10.1. The number of carbonyl (C=O) groups is 1.